The van der Waals surface area contributed by atoms with E-state index in [9.17, 15) is 0 Å². The maximum Gasteiger partial charge on any atom is 0.138 e. The monoisotopic (exact) mass is 401 g/mol. The fourth-order valence-corrected chi connectivity index (χ4v) is 3.13. The molecule has 140 valence electrons. The molecule has 0 aliphatic heterocycles. The Bertz CT molecular complexity index is 915. The molecule has 2 heterocycles. The minimum Gasteiger partial charge on any atom is -0.492 e. The minimum absolute atomic E-state index is 0.581. The first-order valence-electron chi connectivity index (χ1n) is 8.69. The van der Waals surface area contributed by atoms with E-state index in [4.69, 9.17) is 27.9 Å². The highest BCUT2D eigenvalue weighted by molar-refractivity contribution is 6.33. The van der Waals surface area contributed by atoms with E-state index < -0.39 is 0 Å². The second kappa shape index (κ2) is 9.18. The molecule has 2 aromatic heterocycles. The van der Waals surface area contributed by atoms with Crippen LogP contribution in [0.2, 0.25) is 10.0 Å². The standard InChI is InChI=1S/C21H21Cl2N3O/c1-26(2)12-5-13-27-19-14-15(8-9-17(19)22)20-16(6-3-10-24-20)21-18(23)7-4-11-25-21/h3-4,6-11,14H,5,12-13H2,1-2H3. The second-order valence-corrected chi connectivity index (χ2v) is 7.20. The van der Waals surface area contributed by atoms with Gasteiger partial charge in [0.1, 0.15) is 5.75 Å². The number of halogens is 2. The molecule has 0 atom stereocenters. The largest absolute Gasteiger partial charge is 0.492 e. The van der Waals surface area contributed by atoms with Crippen LogP contribution in [-0.4, -0.2) is 42.1 Å². The Balaban J connectivity index is 1.91. The fraction of sp³-hybridized carbons (Fsp3) is 0.238. The normalized spacial score (nSPS) is 11.0. The van der Waals surface area contributed by atoms with Crippen LogP contribution in [0.15, 0.2) is 54.9 Å². The first-order chi connectivity index (χ1) is 13.1. The van der Waals surface area contributed by atoms with E-state index in [0.717, 1.165) is 29.8 Å². The lowest BCUT2D eigenvalue weighted by molar-refractivity contribution is 0.282. The lowest BCUT2D eigenvalue weighted by Gasteiger charge is -2.13. The summed E-state index contributed by atoms with van der Waals surface area (Å²) in [6.45, 7) is 1.56. The topological polar surface area (TPSA) is 38.2 Å². The van der Waals surface area contributed by atoms with Gasteiger partial charge in [-0.25, -0.2) is 0 Å². The highest BCUT2D eigenvalue weighted by atomic mass is 35.5. The molecule has 0 bridgehead atoms. The third kappa shape index (κ3) is 4.98. The lowest BCUT2D eigenvalue weighted by Crippen LogP contribution is -2.15. The second-order valence-electron chi connectivity index (χ2n) is 6.38. The first kappa shape index (κ1) is 19.6. The molecule has 0 amide bonds. The van der Waals surface area contributed by atoms with Crippen molar-refractivity contribution in [2.75, 3.05) is 27.2 Å². The van der Waals surface area contributed by atoms with Crippen LogP contribution >= 0.6 is 23.2 Å². The average molecular weight is 402 g/mol. The minimum atomic E-state index is 0.581. The summed E-state index contributed by atoms with van der Waals surface area (Å²) in [6, 6.07) is 13.1. The van der Waals surface area contributed by atoms with Crippen molar-refractivity contribution >= 4 is 23.2 Å². The molecule has 4 nitrogen and oxygen atoms in total. The van der Waals surface area contributed by atoms with Crippen molar-refractivity contribution in [3.8, 4) is 28.3 Å². The van der Waals surface area contributed by atoms with Crippen LogP contribution in [0.4, 0.5) is 0 Å². The Labute approximate surface area is 169 Å². The fourth-order valence-electron chi connectivity index (χ4n) is 2.73. The Hall–Kier alpha value is -2.14. The number of benzene rings is 1. The van der Waals surface area contributed by atoms with E-state index in [-0.39, 0.29) is 0 Å². The molecule has 0 spiro atoms. The quantitative estimate of drug-likeness (QED) is 0.493. The van der Waals surface area contributed by atoms with E-state index in [1.807, 2.05) is 56.6 Å². The molecule has 1 aromatic carbocycles. The number of hydrogen-bond donors (Lipinski definition) is 0. The Morgan fingerprint density at radius 3 is 2.41 bits per heavy atom. The molecular formula is C21H21Cl2N3O. The van der Waals surface area contributed by atoms with Gasteiger partial charge in [0.2, 0.25) is 0 Å². The highest BCUT2D eigenvalue weighted by Gasteiger charge is 2.14. The Kier molecular flexibility index (Phi) is 6.67. The molecule has 0 radical (unpaired) electrons. The van der Waals surface area contributed by atoms with Crippen LogP contribution in [0.25, 0.3) is 22.5 Å². The van der Waals surface area contributed by atoms with E-state index in [2.05, 4.69) is 14.9 Å². The summed E-state index contributed by atoms with van der Waals surface area (Å²) in [5.74, 6) is 0.650. The number of ether oxygens (including phenoxy) is 1. The SMILES string of the molecule is CN(C)CCCOc1cc(-c2ncccc2-c2ncccc2Cl)ccc1Cl. The lowest BCUT2D eigenvalue weighted by atomic mass is 10.0. The van der Waals surface area contributed by atoms with Crippen molar-refractivity contribution in [2.24, 2.45) is 0 Å². The highest BCUT2D eigenvalue weighted by Crippen LogP contribution is 2.36. The van der Waals surface area contributed by atoms with Gasteiger partial charge in [0.25, 0.3) is 0 Å². The number of pyridine rings is 2. The molecule has 0 N–H and O–H groups in total. The summed E-state index contributed by atoms with van der Waals surface area (Å²) in [5, 5.41) is 1.16. The summed E-state index contributed by atoms with van der Waals surface area (Å²) >= 11 is 12.7. The number of aromatic nitrogens is 2. The summed E-state index contributed by atoms with van der Waals surface area (Å²) in [4.78, 5) is 11.1. The Morgan fingerprint density at radius 2 is 1.67 bits per heavy atom. The molecule has 0 saturated carbocycles. The third-order valence-corrected chi connectivity index (χ3v) is 4.65. The van der Waals surface area contributed by atoms with Crippen molar-refractivity contribution in [1.29, 1.82) is 0 Å². The maximum atomic E-state index is 6.34. The van der Waals surface area contributed by atoms with Crippen molar-refractivity contribution in [3.05, 3.63) is 64.9 Å². The van der Waals surface area contributed by atoms with Crippen LogP contribution in [-0.2, 0) is 0 Å². The van der Waals surface area contributed by atoms with Gasteiger partial charge >= 0.3 is 0 Å². The van der Waals surface area contributed by atoms with Crippen LogP contribution in [0.3, 0.4) is 0 Å². The smallest absolute Gasteiger partial charge is 0.138 e. The number of rotatable bonds is 7. The number of hydrogen-bond acceptors (Lipinski definition) is 4. The van der Waals surface area contributed by atoms with Gasteiger partial charge < -0.3 is 9.64 Å². The van der Waals surface area contributed by atoms with E-state index in [0.29, 0.717) is 28.1 Å². The van der Waals surface area contributed by atoms with Crippen LogP contribution in [0, 0.1) is 0 Å². The van der Waals surface area contributed by atoms with Gasteiger partial charge in [-0.15, -0.1) is 0 Å². The summed E-state index contributed by atoms with van der Waals surface area (Å²) in [5.41, 5.74) is 3.25. The zero-order valence-electron chi connectivity index (χ0n) is 15.3. The average Bonchev–Trinajstić information content (AvgIpc) is 2.67. The molecule has 0 unspecified atom stereocenters. The van der Waals surface area contributed by atoms with Crippen molar-refractivity contribution < 1.29 is 4.74 Å². The summed E-state index contributed by atoms with van der Waals surface area (Å²) in [6.07, 6.45) is 4.40. The molecule has 3 rings (SSSR count). The van der Waals surface area contributed by atoms with Crippen LogP contribution in [0.1, 0.15) is 6.42 Å². The predicted molar refractivity (Wildman–Crippen MR) is 112 cm³/mol. The van der Waals surface area contributed by atoms with E-state index >= 15 is 0 Å². The summed E-state index contributed by atoms with van der Waals surface area (Å²) in [7, 11) is 4.08. The van der Waals surface area contributed by atoms with Gasteiger partial charge in [0, 0.05) is 30.1 Å². The van der Waals surface area contributed by atoms with Gasteiger partial charge in [-0.2, -0.15) is 0 Å². The Morgan fingerprint density at radius 1 is 0.926 bits per heavy atom. The van der Waals surface area contributed by atoms with Crippen molar-refractivity contribution in [1.82, 2.24) is 14.9 Å². The van der Waals surface area contributed by atoms with Crippen LogP contribution in [0.5, 0.6) is 5.75 Å². The molecule has 0 saturated heterocycles. The first-order valence-corrected chi connectivity index (χ1v) is 9.45. The number of nitrogens with zero attached hydrogens (tertiary/aromatic N) is 3. The molecule has 0 aliphatic carbocycles. The third-order valence-electron chi connectivity index (χ3n) is 4.03. The molecule has 0 fully saturated rings. The van der Waals surface area contributed by atoms with E-state index in [1.165, 1.54) is 0 Å². The molecule has 0 aliphatic rings. The predicted octanol–water partition coefficient (Wildman–Crippen LogP) is 5.45. The zero-order valence-corrected chi connectivity index (χ0v) is 16.8. The molecule has 6 heteroatoms. The van der Waals surface area contributed by atoms with Gasteiger partial charge in [-0.3, -0.25) is 9.97 Å². The van der Waals surface area contributed by atoms with Gasteiger partial charge in [-0.1, -0.05) is 29.3 Å². The zero-order chi connectivity index (χ0) is 19.2. The van der Waals surface area contributed by atoms with Gasteiger partial charge in [-0.05, 0) is 56.9 Å². The maximum absolute atomic E-state index is 6.34. The van der Waals surface area contributed by atoms with Gasteiger partial charge in [0.15, 0.2) is 0 Å². The molecule has 3 aromatic rings. The van der Waals surface area contributed by atoms with Crippen LogP contribution < -0.4 is 4.74 Å². The molecule has 27 heavy (non-hydrogen) atoms. The summed E-state index contributed by atoms with van der Waals surface area (Å²) < 4.78 is 5.89. The van der Waals surface area contributed by atoms with E-state index in [1.54, 1.807) is 12.4 Å². The van der Waals surface area contributed by atoms with Crippen molar-refractivity contribution in [3.63, 3.8) is 0 Å². The molecular weight excluding hydrogens is 381 g/mol. The van der Waals surface area contributed by atoms with Crippen molar-refractivity contribution in [2.45, 2.75) is 6.42 Å². The van der Waals surface area contributed by atoms with Gasteiger partial charge in [0.05, 0.1) is 28.0 Å².